The third-order valence-electron chi connectivity index (χ3n) is 8.10. The molecule has 0 radical (unpaired) electrons. The van der Waals surface area contributed by atoms with Gasteiger partial charge in [-0.3, -0.25) is 4.55 Å². The minimum absolute atomic E-state index is 0.0379. The standard InChI is InChI=1S/C31H24ClN7O16S6/c32-29-35-30(37-31(36-29)34-21-12-16(13-24(27(21)41)58(46)47)60(50,51)9-8-55-61(52,53)54)33-15-4-5-17-14(10-15)11-23(57(44)45)25(26(17)40)39-38-20-7-6-18-19(28(20)59(48)49)2-1-3-22(18)56(42)43/h1-7,10-13,40-41H,8-9H2,(H,42,43)(H,44,45)(H,46,47)(H,48,49)(H,52,53,54)(H2,33,34,35,36,37). The molecular formula is C31H24ClN7O16S6. The number of hydrogen-bond donors (Lipinski definition) is 9. The van der Waals surface area contributed by atoms with E-state index in [-0.39, 0.29) is 48.7 Å². The maximum absolute atomic E-state index is 12.9. The van der Waals surface area contributed by atoms with Crippen molar-refractivity contribution in [3.05, 3.63) is 72.0 Å². The third-order valence-corrected chi connectivity index (χ3v) is 13.3. The van der Waals surface area contributed by atoms with Crippen LogP contribution in [-0.4, -0.2) is 94.0 Å². The number of benzene rings is 5. The van der Waals surface area contributed by atoms with Gasteiger partial charge in [-0.2, -0.15) is 23.4 Å². The van der Waals surface area contributed by atoms with Crippen molar-refractivity contribution >= 4 is 132 Å². The first-order valence-corrected chi connectivity index (χ1v) is 23.8. The molecule has 322 valence electrons. The number of hydrogen-bond acceptors (Lipinski definition) is 18. The van der Waals surface area contributed by atoms with Crippen molar-refractivity contribution in [3.8, 4) is 11.5 Å². The first-order valence-electron chi connectivity index (χ1n) is 16.0. The molecule has 9 N–H and O–H groups in total. The summed E-state index contributed by atoms with van der Waals surface area (Å²) in [7, 11) is -9.47. The number of aromatic hydroxyl groups is 2. The fourth-order valence-corrected chi connectivity index (χ4v) is 9.55. The molecule has 0 aliphatic carbocycles. The second-order valence-corrected chi connectivity index (χ2v) is 19.1. The summed E-state index contributed by atoms with van der Waals surface area (Å²) >= 11 is -4.79. The number of phenolic OH excluding ortho intramolecular Hbond substituents is 2. The molecule has 0 aliphatic rings. The molecule has 1 heterocycles. The molecule has 30 heteroatoms. The Kier molecular flexibility index (Phi) is 13.5. The van der Waals surface area contributed by atoms with Crippen LogP contribution in [0, 0.1) is 0 Å². The highest BCUT2D eigenvalue weighted by Crippen LogP contribution is 2.43. The Morgan fingerprint density at radius 2 is 1.34 bits per heavy atom. The Hall–Kier alpha value is -5.02. The summed E-state index contributed by atoms with van der Waals surface area (Å²) in [6.45, 7) is -1.02. The van der Waals surface area contributed by atoms with E-state index in [0.717, 1.165) is 6.07 Å². The molecule has 23 nitrogen and oxygen atoms in total. The highest BCUT2D eigenvalue weighted by atomic mass is 35.5. The summed E-state index contributed by atoms with van der Waals surface area (Å²) in [5, 5.41) is 35.1. The topological polar surface area (TPSA) is 375 Å². The van der Waals surface area contributed by atoms with Crippen LogP contribution in [0.25, 0.3) is 21.5 Å². The molecule has 1 aromatic heterocycles. The molecule has 0 spiro atoms. The van der Waals surface area contributed by atoms with Gasteiger partial charge in [0.05, 0.1) is 32.7 Å². The maximum Gasteiger partial charge on any atom is 0.397 e. The van der Waals surface area contributed by atoms with Crippen LogP contribution in [0.15, 0.2) is 101 Å². The molecule has 0 amide bonds. The van der Waals surface area contributed by atoms with E-state index in [4.69, 9.17) is 16.2 Å². The van der Waals surface area contributed by atoms with Gasteiger partial charge in [-0.1, -0.05) is 18.2 Å². The molecule has 0 bridgehead atoms. The monoisotopic (exact) mass is 977 g/mol. The molecular weight excluding hydrogens is 954 g/mol. The van der Waals surface area contributed by atoms with Crippen molar-refractivity contribution in [2.75, 3.05) is 23.0 Å². The first-order chi connectivity index (χ1) is 28.6. The van der Waals surface area contributed by atoms with Gasteiger partial charge in [-0.15, -0.1) is 10.2 Å². The Morgan fingerprint density at radius 3 is 1.98 bits per heavy atom. The molecule has 61 heavy (non-hydrogen) atoms. The van der Waals surface area contributed by atoms with Crippen LogP contribution < -0.4 is 10.6 Å². The minimum atomic E-state index is -4.99. The smallest absolute Gasteiger partial charge is 0.397 e. The van der Waals surface area contributed by atoms with E-state index < -0.39 is 126 Å². The number of aromatic nitrogens is 3. The van der Waals surface area contributed by atoms with Crippen molar-refractivity contribution in [1.82, 2.24) is 15.0 Å². The predicted molar refractivity (Wildman–Crippen MR) is 219 cm³/mol. The SMILES string of the molecule is O=S(O)c1cc(S(=O)(=O)CCOS(=O)(=O)O)cc(Nc2nc(Cl)nc(Nc3ccc4c(O)c(N=Nc5ccc6c(S(=O)O)cccc6c5S(=O)O)c(S(=O)O)cc4c3)n2)c1O. The number of rotatable bonds is 15. The molecule has 0 aliphatic heterocycles. The van der Waals surface area contributed by atoms with E-state index >= 15 is 0 Å². The fourth-order valence-electron chi connectivity index (χ4n) is 5.54. The number of sulfone groups is 1. The molecule has 0 saturated heterocycles. The summed E-state index contributed by atoms with van der Waals surface area (Å²) < 4.78 is 149. The van der Waals surface area contributed by atoms with E-state index in [2.05, 4.69) is 40.0 Å². The normalized spacial score (nSPS) is 14.3. The number of fused-ring (bicyclic) bond motifs is 2. The first kappa shape index (κ1) is 45.5. The highest BCUT2D eigenvalue weighted by Gasteiger charge is 2.24. The van der Waals surface area contributed by atoms with Gasteiger partial charge in [0.1, 0.15) is 21.2 Å². The number of azo groups is 1. The fraction of sp³-hybridized carbons (Fsp3) is 0.0645. The van der Waals surface area contributed by atoms with Crippen LogP contribution in [0.1, 0.15) is 0 Å². The van der Waals surface area contributed by atoms with Crippen molar-refractivity contribution in [3.63, 3.8) is 0 Å². The van der Waals surface area contributed by atoms with Crippen LogP contribution in [0.3, 0.4) is 0 Å². The quantitative estimate of drug-likeness (QED) is 0.0281. The molecule has 0 fully saturated rings. The van der Waals surface area contributed by atoms with Crippen LogP contribution in [0.5, 0.6) is 11.5 Å². The Balaban J connectivity index is 1.32. The lowest BCUT2D eigenvalue weighted by Gasteiger charge is -2.14. The lowest BCUT2D eigenvalue weighted by Crippen LogP contribution is -2.16. The van der Waals surface area contributed by atoms with E-state index in [1.165, 1.54) is 54.6 Å². The number of nitrogens with one attached hydrogen (secondary N) is 2. The second kappa shape index (κ2) is 18.1. The van der Waals surface area contributed by atoms with Crippen LogP contribution in [-0.2, 0) is 68.7 Å². The summed E-state index contributed by atoms with van der Waals surface area (Å²) in [6, 6.07) is 13.5. The number of halogens is 1. The van der Waals surface area contributed by atoms with Crippen LogP contribution in [0.4, 0.5) is 34.6 Å². The third kappa shape index (κ3) is 10.4. The Bertz CT molecular complexity index is 3140. The van der Waals surface area contributed by atoms with E-state index in [1.54, 1.807) is 0 Å². The van der Waals surface area contributed by atoms with Gasteiger partial charge in [0.15, 0.2) is 65.7 Å². The molecule has 0 saturated carbocycles. The van der Waals surface area contributed by atoms with Crippen molar-refractivity contribution in [2.24, 2.45) is 10.2 Å². The summed E-state index contributed by atoms with van der Waals surface area (Å²) in [5.74, 6) is -3.30. The molecule has 6 rings (SSSR count). The maximum atomic E-state index is 12.9. The van der Waals surface area contributed by atoms with Crippen LogP contribution in [0.2, 0.25) is 5.28 Å². The number of phenols is 2. The largest absolute Gasteiger partial charge is 0.505 e. The van der Waals surface area contributed by atoms with Gasteiger partial charge in [-0.05, 0) is 65.5 Å². The van der Waals surface area contributed by atoms with Gasteiger partial charge >= 0.3 is 10.4 Å². The predicted octanol–water partition coefficient (Wildman–Crippen LogP) is 5.06. The molecule has 5 aromatic carbocycles. The lowest BCUT2D eigenvalue weighted by molar-refractivity contribution is 0.284. The zero-order valence-corrected chi connectivity index (χ0v) is 35.3. The average molecular weight is 978 g/mol. The molecule has 4 unspecified atom stereocenters. The van der Waals surface area contributed by atoms with E-state index in [1.807, 2.05) is 0 Å². The number of anilines is 4. The van der Waals surface area contributed by atoms with Gasteiger partial charge < -0.3 is 39.1 Å². The summed E-state index contributed by atoms with van der Waals surface area (Å²) in [4.78, 5) is 9.64. The van der Waals surface area contributed by atoms with E-state index in [9.17, 15) is 62.1 Å². The summed E-state index contributed by atoms with van der Waals surface area (Å²) in [6.07, 6.45) is 0. The van der Waals surface area contributed by atoms with Gasteiger partial charge in [0, 0.05) is 21.8 Å². The lowest BCUT2D eigenvalue weighted by atomic mass is 10.1. The Morgan fingerprint density at radius 1 is 0.689 bits per heavy atom. The zero-order valence-electron chi connectivity index (χ0n) is 29.6. The van der Waals surface area contributed by atoms with Crippen molar-refractivity contribution in [2.45, 2.75) is 24.5 Å². The van der Waals surface area contributed by atoms with Crippen molar-refractivity contribution in [1.29, 1.82) is 0 Å². The van der Waals surface area contributed by atoms with Crippen molar-refractivity contribution < 1.29 is 70.8 Å². The van der Waals surface area contributed by atoms with E-state index in [0.29, 0.717) is 6.07 Å². The Labute approximate surface area is 357 Å². The zero-order chi connectivity index (χ0) is 44.6. The number of nitrogens with zero attached hydrogens (tertiary/aromatic N) is 5. The molecule has 4 atom stereocenters. The van der Waals surface area contributed by atoms with Gasteiger partial charge in [0.25, 0.3) is 0 Å². The second-order valence-electron chi connectivity index (χ2n) is 11.9. The highest BCUT2D eigenvalue weighted by molar-refractivity contribution is 7.91. The van der Waals surface area contributed by atoms with Gasteiger partial charge in [0.2, 0.25) is 17.2 Å². The van der Waals surface area contributed by atoms with Gasteiger partial charge in [-0.25, -0.2) is 29.4 Å². The average Bonchev–Trinajstić information content (AvgIpc) is 3.16. The molecule has 6 aromatic rings. The summed E-state index contributed by atoms with van der Waals surface area (Å²) in [5.41, 5.74) is -1.03. The van der Waals surface area contributed by atoms with Crippen LogP contribution >= 0.6 is 11.6 Å². The minimum Gasteiger partial charge on any atom is -0.505 e.